The largest absolute Gasteiger partial charge is 0.470 e. The van der Waals surface area contributed by atoms with Crippen LogP contribution in [0.1, 0.15) is 518 Å². The Morgan fingerprint density at radius 2 is 0.689 bits per heavy atom. The van der Waals surface area contributed by atoms with Crippen LogP contribution in [-0.4, -0.2) is 155 Å². The van der Waals surface area contributed by atoms with Gasteiger partial charge in [0.15, 0.2) is 12.4 Å². The van der Waals surface area contributed by atoms with Crippen molar-refractivity contribution >= 4 is 43.5 Å². The maximum absolute atomic E-state index is 15.1. The Morgan fingerprint density at radius 3 is 0.984 bits per heavy atom. The number of rotatable bonds is 86. The smallest absolute Gasteiger partial charge is 0.462 e. The van der Waals surface area contributed by atoms with E-state index < -0.39 is 99.7 Å². The Labute approximate surface area is 748 Å². The summed E-state index contributed by atoms with van der Waals surface area (Å²) in [5, 5.41) is 14.1. The fourth-order valence-electron chi connectivity index (χ4n) is 17.3. The lowest BCUT2D eigenvalue weighted by Crippen LogP contribution is -2.66. The van der Waals surface area contributed by atoms with Gasteiger partial charge in [0.05, 0.1) is 38.5 Å². The minimum atomic E-state index is -5.49. The quantitative estimate of drug-likeness (QED) is 0.0191. The highest BCUT2D eigenvalue weighted by molar-refractivity contribution is 7.46. The highest BCUT2D eigenvalue weighted by atomic mass is 31.2. The summed E-state index contributed by atoms with van der Waals surface area (Å²) < 4.78 is 56.7. The minimum Gasteiger partial charge on any atom is -0.462 e. The van der Waals surface area contributed by atoms with Gasteiger partial charge in [-0.1, -0.05) is 409 Å². The van der Waals surface area contributed by atoms with Crippen molar-refractivity contribution in [3.8, 4) is 0 Å². The molecule has 2 rings (SSSR count). The van der Waals surface area contributed by atoms with Gasteiger partial charge >= 0.3 is 31.7 Å². The van der Waals surface area contributed by atoms with E-state index in [1.165, 1.54) is 238 Å². The number of nitrogens with one attached hydrogen (secondary N) is 1. The van der Waals surface area contributed by atoms with E-state index in [4.69, 9.17) is 32.9 Å². The van der Waals surface area contributed by atoms with Crippen molar-refractivity contribution in [2.45, 2.75) is 573 Å². The normalized spacial score (nSPS) is 17.4. The molecule has 122 heavy (non-hydrogen) atoms. The van der Waals surface area contributed by atoms with Crippen molar-refractivity contribution in [1.82, 2.24) is 15.1 Å². The van der Waals surface area contributed by atoms with Crippen LogP contribution in [0.15, 0.2) is 0 Å². The Kier molecular flexibility index (Phi) is 79.8. The molecular formula is C101H194N3O17P. The first-order chi connectivity index (χ1) is 59.4. The molecule has 2 aliphatic heterocycles. The standard InChI is InChI=1S/C95H179N2O17P.C6H15N/c1-7-13-19-25-31-37-40-46-52-58-64-72-88(101)109-82(69-61-55-49-43-34-28-22-16-10-4)76-86(99)96-92-94(113-91(104)78-84(71-63-57-51-45-36-30-24-18-12-6)111-90(103)74-66-60-54-48-42-39-33-27-21-15-9-3)93(114-115(105,106)107)85(79-98)112-95(92)108-80-81-68-67-75-97(81)87(100)77-83(70-62-56-50-44-35-29-23-17-11-5)110-89(102)73-65-59-53-47-41-38-32-26-20-14-8-2;1-4-7(5-2)6-3/h81-85,92-95,98H,7-80H2,1-6H3,(H,96,99)(H2,105,106,107);4-6H2,1-3H3/t81-,82+,83+,84+,85+,92+,93+,94+,95+;/m0./s1. The number of hydrogen-bond acceptors (Lipinski definition) is 16. The van der Waals surface area contributed by atoms with Gasteiger partial charge in [-0.2, -0.15) is 0 Å². The Morgan fingerprint density at radius 1 is 0.393 bits per heavy atom. The molecule has 4 N–H and O–H groups in total. The number of ether oxygens (including phenoxy) is 6. The predicted octanol–water partition coefficient (Wildman–Crippen LogP) is 26.7. The van der Waals surface area contributed by atoms with Crippen molar-refractivity contribution in [1.29, 1.82) is 0 Å². The average molecular weight is 1750 g/mol. The third kappa shape index (κ3) is 67.1. The van der Waals surface area contributed by atoms with Crippen LogP contribution in [0.4, 0.5) is 0 Å². The summed E-state index contributed by atoms with van der Waals surface area (Å²) in [6, 6.07) is -2.10. The van der Waals surface area contributed by atoms with Crippen LogP contribution in [0, 0.1) is 0 Å². The van der Waals surface area contributed by atoms with Crippen molar-refractivity contribution in [3.63, 3.8) is 0 Å². The van der Waals surface area contributed by atoms with Crippen molar-refractivity contribution < 1.29 is 81.2 Å². The van der Waals surface area contributed by atoms with Gasteiger partial charge in [0, 0.05) is 25.8 Å². The molecule has 0 aromatic carbocycles. The van der Waals surface area contributed by atoms with Crippen molar-refractivity contribution in [2.75, 3.05) is 39.4 Å². The van der Waals surface area contributed by atoms with E-state index in [-0.39, 0.29) is 44.2 Å². The number of esters is 4. The third-order valence-electron chi connectivity index (χ3n) is 25.1. The van der Waals surface area contributed by atoms with Crippen LogP contribution >= 0.6 is 7.82 Å². The minimum absolute atomic E-state index is 0.0129. The summed E-state index contributed by atoms with van der Waals surface area (Å²) in [6.45, 7) is 22.8. The molecule has 0 spiro atoms. The van der Waals surface area contributed by atoms with E-state index in [1.807, 2.05) is 0 Å². The van der Waals surface area contributed by atoms with Crippen LogP contribution < -0.4 is 5.32 Å². The molecule has 2 saturated heterocycles. The van der Waals surface area contributed by atoms with Gasteiger partial charge in [-0.25, -0.2) is 4.57 Å². The molecule has 2 fully saturated rings. The molecule has 0 aliphatic carbocycles. The second-order valence-electron chi connectivity index (χ2n) is 36.3. The van der Waals surface area contributed by atoms with Crippen molar-refractivity contribution in [3.05, 3.63) is 0 Å². The second kappa shape index (κ2) is 83.4. The summed E-state index contributed by atoms with van der Waals surface area (Å²) in [7, 11) is -5.49. The summed E-state index contributed by atoms with van der Waals surface area (Å²) in [6.07, 6.45) is 59.7. The zero-order valence-corrected chi connectivity index (χ0v) is 81.4. The van der Waals surface area contributed by atoms with Crippen LogP contribution in [-0.2, 0) is 66.3 Å². The molecule has 2 amide bonds. The molecule has 2 aliphatic rings. The fraction of sp³-hybridized carbons (Fsp3) is 0.941. The van der Waals surface area contributed by atoms with Gasteiger partial charge in [0.1, 0.15) is 36.6 Å². The monoisotopic (exact) mass is 1750 g/mol. The van der Waals surface area contributed by atoms with Crippen LogP contribution in [0.25, 0.3) is 0 Å². The highest BCUT2D eigenvalue weighted by Gasteiger charge is 2.53. The zero-order valence-electron chi connectivity index (χ0n) is 80.5. The predicted molar refractivity (Wildman–Crippen MR) is 501 cm³/mol. The molecule has 0 saturated carbocycles. The molecule has 2 heterocycles. The number of carbonyl (C=O) groups is 6. The molecule has 0 aromatic rings. The highest BCUT2D eigenvalue weighted by Crippen LogP contribution is 2.43. The molecule has 21 heteroatoms. The maximum Gasteiger partial charge on any atom is 0.470 e. The number of aliphatic hydroxyl groups is 1. The molecule has 720 valence electrons. The van der Waals surface area contributed by atoms with E-state index in [0.717, 1.165) is 141 Å². The molecule has 9 atom stereocenters. The number of phosphoric acid groups is 1. The van der Waals surface area contributed by atoms with E-state index in [9.17, 15) is 43.4 Å². The summed E-state index contributed by atoms with van der Waals surface area (Å²) in [5.41, 5.74) is 0. The lowest BCUT2D eigenvalue weighted by Gasteiger charge is -2.45. The first kappa shape index (κ1) is 117. The molecule has 0 aromatic heterocycles. The van der Waals surface area contributed by atoms with Gasteiger partial charge in [0.2, 0.25) is 11.8 Å². The maximum atomic E-state index is 15.1. The zero-order chi connectivity index (χ0) is 89.4. The Bertz CT molecular complexity index is 2470. The van der Waals surface area contributed by atoms with Gasteiger partial charge in [-0.05, 0) is 90.3 Å². The number of likely N-dealkylation sites (tertiary alicyclic amines) is 1. The molecule has 0 unspecified atom stereocenters. The van der Waals surface area contributed by atoms with Crippen LogP contribution in [0.3, 0.4) is 0 Å². The summed E-state index contributed by atoms with van der Waals surface area (Å²) in [4.78, 5) is 111. The first-order valence-corrected chi connectivity index (χ1v) is 53.6. The summed E-state index contributed by atoms with van der Waals surface area (Å²) in [5.74, 6) is -2.89. The fourth-order valence-corrected chi connectivity index (χ4v) is 17.9. The first-order valence-electron chi connectivity index (χ1n) is 52.1. The van der Waals surface area contributed by atoms with E-state index in [0.29, 0.717) is 70.8 Å². The van der Waals surface area contributed by atoms with Gasteiger partial charge in [0.25, 0.3) is 0 Å². The molecular weight excluding hydrogens is 1560 g/mol. The van der Waals surface area contributed by atoms with E-state index >= 15 is 4.79 Å². The van der Waals surface area contributed by atoms with Crippen LogP contribution in [0.5, 0.6) is 0 Å². The Hall–Kier alpha value is -3.23. The number of aliphatic hydroxyl groups excluding tert-OH is 1. The van der Waals surface area contributed by atoms with Gasteiger partial charge < -0.3 is 58.4 Å². The third-order valence-corrected chi connectivity index (χ3v) is 25.6. The van der Waals surface area contributed by atoms with Gasteiger partial charge in [-0.3, -0.25) is 33.3 Å². The number of nitrogens with zero attached hydrogens (tertiary/aromatic N) is 2. The topological polar surface area (TPSA) is 263 Å². The SMILES string of the molecule is CCCCCCCCCCCCCC(=O)O[C@H](CCCCCCCCCCC)CC(=O)N[C@H]1[C@H](OC[C@@H]2CCCN2C(=O)C[C@@H](CCCCCCCCCCC)OC(=O)CCCCCCCCCCCCC)O[C@H](CO)[C@@H](OP(=O)(O)O)[C@@H]1OC(=O)C[C@@H](CCCCCCCCCCC)OC(=O)CCCCCCCCCCCCC.CCN(CC)CC. The molecule has 20 nitrogen and oxygen atoms in total. The number of carbonyl (C=O) groups excluding carboxylic acids is 6. The number of amides is 2. The Balaban J connectivity index is 0.0000101. The number of hydrogen-bond donors (Lipinski definition) is 4. The van der Waals surface area contributed by atoms with E-state index in [2.05, 4.69) is 72.5 Å². The van der Waals surface area contributed by atoms with Gasteiger partial charge in [-0.15, -0.1) is 0 Å². The van der Waals surface area contributed by atoms with Crippen molar-refractivity contribution in [2.24, 2.45) is 0 Å². The van der Waals surface area contributed by atoms with Crippen LogP contribution in [0.2, 0.25) is 0 Å². The average Bonchev–Trinajstić information content (AvgIpc) is 0.810. The number of phosphoric ester groups is 1. The molecule has 0 radical (unpaired) electrons. The second-order valence-corrected chi connectivity index (χ2v) is 37.5. The van der Waals surface area contributed by atoms with E-state index in [1.54, 1.807) is 4.90 Å². The summed E-state index contributed by atoms with van der Waals surface area (Å²) >= 11 is 0. The number of unbranched alkanes of at least 4 members (excludes halogenated alkanes) is 54. The molecule has 0 bridgehead atoms. The lowest BCUT2D eigenvalue weighted by atomic mass is 9.95. The lowest BCUT2D eigenvalue weighted by molar-refractivity contribution is -0.273.